The molecule has 2 fully saturated rings. The van der Waals surface area contributed by atoms with Crippen LogP contribution in [0.15, 0.2) is 23.1 Å². The molecule has 1 aromatic rings. The zero-order valence-electron chi connectivity index (χ0n) is 14.8. The van der Waals surface area contributed by atoms with Crippen molar-refractivity contribution in [2.24, 2.45) is 5.92 Å². The van der Waals surface area contributed by atoms with Crippen molar-refractivity contribution in [2.45, 2.75) is 51.2 Å². The van der Waals surface area contributed by atoms with E-state index < -0.39 is 23.4 Å². The molecule has 8 heteroatoms. The zero-order chi connectivity index (χ0) is 19.8. The number of phenolic OH excluding ortho intramolecular Hbond substituents is 1. The number of phenols is 1. The van der Waals surface area contributed by atoms with Crippen molar-refractivity contribution < 1.29 is 27.9 Å². The van der Waals surface area contributed by atoms with E-state index in [2.05, 4.69) is 0 Å². The average molecular weight is 399 g/mol. The molecule has 1 N–H and O–H groups in total. The lowest BCUT2D eigenvalue weighted by Gasteiger charge is -2.32. The first kappa shape index (κ1) is 19.8. The number of imide groups is 1. The fourth-order valence-corrected chi connectivity index (χ4v) is 4.60. The van der Waals surface area contributed by atoms with Crippen LogP contribution in [-0.2, 0) is 11.0 Å². The molecule has 1 saturated carbocycles. The van der Waals surface area contributed by atoms with Gasteiger partial charge in [-0.1, -0.05) is 25.3 Å². The van der Waals surface area contributed by atoms with Gasteiger partial charge in [-0.3, -0.25) is 14.5 Å². The number of halogens is 3. The Morgan fingerprint density at radius 1 is 1.22 bits per heavy atom. The molecule has 27 heavy (non-hydrogen) atoms. The normalized spacial score (nSPS) is 21.9. The highest BCUT2D eigenvalue weighted by Gasteiger charge is 2.41. The van der Waals surface area contributed by atoms with Crippen LogP contribution in [0.5, 0.6) is 5.75 Å². The van der Waals surface area contributed by atoms with Crippen molar-refractivity contribution in [3.05, 3.63) is 34.2 Å². The highest BCUT2D eigenvalue weighted by molar-refractivity contribution is 8.18. The van der Waals surface area contributed by atoms with E-state index in [9.17, 15) is 27.9 Å². The summed E-state index contributed by atoms with van der Waals surface area (Å²) >= 11 is 0.741. The fraction of sp³-hybridized carbons (Fsp3) is 0.474. The Hall–Kier alpha value is -1.96. The summed E-state index contributed by atoms with van der Waals surface area (Å²) in [5.74, 6) is -1.08. The van der Waals surface area contributed by atoms with E-state index >= 15 is 0 Å². The quantitative estimate of drug-likeness (QED) is 0.690. The molecule has 2 aliphatic rings. The molecular formula is C19H20F3NO3S. The summed E-state index contributed by atoms with van der Waals surface area (Å²) < 4.78 is 38.8. The third-order valence-corrected chi connectivity index (χ3v) is 6.07. The number of thioether (sulfide) groups is 1. The minimum absolute atomic E-state index is 0.0986. The summed E-state index contributed by atoms with van der Waals surface area (Å²) in [6.07, 6.45) is 1.82. The van der Waals surface area contributed by atoms with Gasteiger partial charge in [0, 0.05) is 6.04 Å². The van der Waals surface area contributed by atoms with Gasteiger partial charge in [0.15, 0.2) is 0 Å². The average Bonchev–Trinajstić information content (AvgIpc) is 2.89. The van der Waals surface area contributed by atoms with Crippen molar-refractivity contribution in [1.29, 1.82) is 0 Å². The van der Waals surface area contributed by atoms with E-state index in [0.29, 0.717) is 0 Å². The summed E-state index contributed by atoms with van der Waals surface area (Å²) in [6, 6.07) is 2.76. The number of aromatic hydroxyl groups is 1. The van der Waals surface area contributed by atoms with Gasteiger partial charge in [-0.25, -0.2) is 0 Å². The van der Waals surface area contributed by atoms with E-state index in [1.165, 1.54) is 17.0 Å². The second kappa shape index (κ2) is 7.58. The number of carbonyl (C=O) groups excluding carboxylic acids is 2. The van der Waals surface area contributed by atoms with Gasteiger partial charge in [-0.15, -0.1) is 0 Å². The minimum Gasteiger partial charge on any atom is -0.507 e. The summed E-state index contributed by atoms with van der Waals surface area (Å²) in [7, 11) is 0. The van der Waals surface area contributed by atoms with Gasteiger partial charge < -0.3 is 5.11 Å². The number of amides is 2. The molecule has 1 aliphatic carbocycles. The van der Waals surface area contributed by atoms with Crippen LogP contribution in [0.2, 0.25) is 0 Å². The van der Waals surface area contributed by atoms with Crippen molar-refractivity contribution in [3.63, 3.8) is 0 Å². The largest absolute Gasteiger partial charge is 0.507 e. The van der Waals surface area contributed by atoms with Crippen LogP contribution in [0, 0.1) is 5.92 Å². The maximum atomic E-state index is 12.9. The Labute approximate surface area is 159 Å². The minimum atomic E-state index is -4.71. The molecule has 0 bridgehead atoms. The van der Waals surface area contributed by atoms with E-state index in [0.717, 1.165) is 56.0 Å². The molecule has 1 unspecified atom stereocenters. The van der Waals surface area contributed by atoms with Gasteiger partial charge in [0.05, 0.1) is 10.5 Å². The Morgan fingerprint density at radius 2 is 1.89 bits per heavy atom. The molecule has 0 spiro atoms. The van der Waals surface area contributed by atoms with Crippen LogP contribution >= 0.6 is 11.8 Å². The smallest absolute Gasteiger partial charge is 0.419 e. The monoisotopic (exact) mass is 399 g/mol. The second-order valence-electron chi connectivity index (χ2n) is 6.96. The number of rotatable bonds is 3. The number of nitrogens with zero attached hydrogens (tertiary/aromatic N) is 1. The van der Waals surface area contributed by atoms with Gasteiger partial charge in [0.25, 0.3) is 11.1 Å². The Bertz CT molecular complexity index is 785. The maximum absolute atomic E-state index is 12.9. The predicted molar refractivity (Wildman–Crippen MR) is 97.0 cm³/mol. The van der Waals surface area contributed by atoms with Gasteiger partial charge in [0.2, 0.25) is 0 Å². The molecule has 1 atom stereocenters. The maximum Gasteiger partial charge on any atom is 0.419 e. The van der Waals surface area contributed by atoms with Gasteiger partial charge in [-0.2, -0.15) is 13.2 Å². The van der Waals surface area contributed by atoms with Crippen LogP contribution in [0.4, 0.5) is 18.0 Å². The van der Waals surface area contributed by atoms with Gasteiger partial charge in [-0.05, 0) is 61.2 Å². The molecule has 1 aromatic carbocycles. The van der Waals surface area contributed by atoms with Crippen molar-refractivity contribution >= 4 is 29.0 Å². The molecule has 1 saturated heterocycles. The molecule has 2 amide bonds. The van der Waals surface area contributed by atoms with Crippen molar-refractivity contribution in [3.8, 4) is 5.75 Å². The van der Waals surface area contributed by atoms with Gasteiger partial charge in [0.1, 0.15) is 5.75 Å². The third-order valence-electron chi connectivity index (χ3n) is 5.19. The van der Waals surface area contributed by atoms with E-state index in [1.54, 1.807) is 0 Å². The lowest BCUT2D eigenvalue weighted by Crippen LogP contribution is -2.42. The molecule has 1 heterocycles. The summed E-state index contributed by atoms with van der Waals surface area (Å²) in [6.45, 7) is 1.86. The fourth-order valence-electron chi connectivity index (χ4n) is 3.68. The number of benzene rings is 1. The molecular weight excluding hydrogens is 379 g/mol. The SMILES string of the molecule is CC(C1CCCCC1)N1C(=O)S/C(=C/c2ccc(O)c(C(F)(F)F)c2)C1=O. The Kier molecular flexibility index (Phi) is 5.55. The van der Waals surface area contributed by atoms with Crippen LogP contribution < -0.4 is 0 Å². The van der Waals surface area contributed by atoms with Crippen LogP contribution in [0.25, 0.3) is 6.08 Å². The lowest BCUT2D eigenvalue weighted by atomic mass is 9.84. The lowest BCUT2D eigenvalue weighted by molar-refractivity contribution is -0.138. The number of carbonyl (C=O) groups is 2. The van der Waals surface area contributed by atoms with Crippen molar-refractivity contribution in [1.82, 2.24) is 4.90 Å². The molecule has 1 aliphatic heterocycles. The first-order valence-electron chi connectivity index (χ1n) is 8.86. The van der Waals surface area contributed by atoms with Gasteiger partial charge >= 0.3 is 6.18 Å². The highest BCUT2D eigenvalue weighted by Crippen LogP contribution is 2.40. The second-order valence-corrected chi connectivity index (χ2v) is 7.96. The Morgan fingerprint density at radius 3 is 2.52 bits per heavy atom. The molecule has 146 valence electrons. The topological polar surface area (TPSA) is 57.6 Å². The number of hydrogen-bond donors (Lipinski definition) is 1. The van der Waals surface area contributed by atoms with Crippen LogP contribution in [-0.4, -0.2) is 27.2 Å². The molecule has 0 aromatic heterocycles. The first-order chi connectivity index (χ1) is 12.7. The predicted octanol–water partition coefficient (Wildman–Crippen LogP) is 5.42. The molecule has 0 radical (unpaired) electrons. The third kappa shape index (κ3) is 4.15. The Balaban J connectivity index is 1.84. The summed E-state index contributed by atoms with van der Waals surface area (Å²) in [5, 5.41) is 9.02. The molecule has 4 nitrogen and oxygen atoms in total. The summed E-state index contributed by atoms with van der Waals surface area (Å²) in [4.78, 5) is 26.4. The summed E-state index contributed by atoms with van der Waals surface area (Å²) in [5.41, 5.74) is -1.07. The van der Waals surface area contributed by atoms with Crippen molar-refractivity contribution in [2.75, 3.05) is 0 Å². The number of alkyl halides is 3. The van der Waals surface area contributed by atoms with E-state index in [1.807, 2.05) is 6.92 Å². The highest BCUT2D eigenvalue weighted by atomic mass is 32.2. The van der Waals surface area contributed by atoms with Crippen LogP contribution in [0.1, 0.15) is 50.2 Å². The molecule has 3 rings (SSSR count). The zero-order valence-corrected chi connectivity index (χ0v) is 15.6. The van der Waals surface area contributed by atoms with E-state index in [-0.39, 0.29) is 27.7 Å². The first-order valence-corrected chi connectivity index (χ1v) is 9.67. The standard InChI is InChI=1S/C19H20F3NO3S/c1-11(13-5-3-2-4-6-13)23-17(25)16(27-18(23)26)10-12-7-8-15(24)14(9-12)19(20,21)22/h7-11,13,24H,2-6H2,1H3/b16-10+. The van der Waals surface area contributed by atoms with E-state index in [4.69, 9.17) is 0 Å². The van der Waals surface area contributed by atoms with Crippen LogP contribution in [0.3, 0.4) is 0 Å². The number of hydrogen-bond acceptors (Lipinski definition) is 4.